The van der Waals surface area contributed by atoms with Gasteiger partial charge in [0, 0.05) is 41.0 Å². The molecular weight excluding hydrogens is 483 g/mol. The van der Waals surface area contributed by atoms with Crippen molar-refractivity contribution in [3.63, 3.8) is 0 Å². The molecule has 11 heteroatoms. The number of aromatic nitrogens is 2. The number of aryl methyl sites for hydroxylation is 3. The molecule has 2 aliphatic heterocycles. The van der Waals surface area contributed by atoms with E-state index in [9.17, 15) is 4.79 Å². The summed E-state index contributed by atoms with van der Waals surface area (Å²) in [5, 5.41) is 3.88. The number of nitrogens with zero attached hydrogens (tertiary/aromatic N) is 3. The lowest BCUT2D eigenvalue weighted by molar-refractivity contribution is -0.147. The van der Waals surface area contributed by atoms with E-state index >= 15 is 4.39 Å². The summed E-state index contributed by atoms with van der Waals surface area (Å²) in [5.74, 6) is -0.881. The van der Waals surface area contributed by atoms with Gasteiger partial charge in [0.1, 0.15) is 21.3 Å². The largest absolute Gasteiger partial charge is 0.397 e. The number of nitrogen functional groups attached to an aromatic ring is 1. The van der Waals surface area contributed by atoms with Gasteiger partial charge >= 0.3 is 0 Å². The molecule has 0 bridgehead atoms. The van der Waals surface area contributed by atoms with Gasteiger partial charge in [0.2, 0.25) is 5.79 Å². The Kier molecular flexibility index (Phi) is 5.63. The quantitative estimate of drug-likeness (QED) is 0.487. The van der Waals surface area contributed by atoms with E-state index in [1.165, 1.54) is 17.4 Å². The summed E-state index contributed by atoms with van der Waals surface area (Å²) in [5.41, 5.74) is 16.2. The Hall–Kier alpha value is -2.86. The van der Waals surface area contributed by atoms with Gasteiger partial charge < -0.3 is 31.2 Å². The first kappa shape index (κ1) is 23.5. The van der Waals surface area contributed by atoms with Crippen molar-refractivity contribution < 1.29 is 18.7 Å². The van der Waals surface area contributed by atoms with E-state index in [0.717, 1.165) is 27.2 Å². The van der Waals surface area contributed by atoms with Gasteiger partial charge in [-0.1, -0.05) is 0 Å². The summed E-state index contributed by atoms with van der Waals surface area (Å²) < 4.78 is 26.8. The second kappa shape index (κ2) is 8.62. The predicted molar refractivity (Wildman–Crippen MR) is 136 cm³/mol. The number of amides is 1. The molecular formula is C25H29FN6O3S. The third-order valence-electron chi connectivity index (χ3n) is 7.38. The first-order valence-corrected chi connectivity index (χ1v) is 13.0. The molecule has 0 saturated carbocycles. The minimum atomic E-state index is -0.843. The third-order valence-corrected chi connectivity index (χ3v) is 8.48. The molecule has 5 N–H and O–H groups in total. The minimum absolute atomic E-state index is 0.212. The maximum atomic E-state index is 15.3. The highest BCUT2D eigenvalue weighted by Gasteiger charge is 2.50. The molecule has 36 heavy (non-hydrogen) atoms. The Morgan fingerprint density at radius 1 is 1.28 bits per heavy atom. The number of nitrogens with two attached hydrogens (primary N) is 2. The fourth-order valence-corrected chi connectivity index (χ4v) is 6.73. The first-order chi connectivity index (χ1) is 17.2. The molecule has 3 aliphatic rings. The normalized spacial score (nSPS) is 22.9. The SMILES string of the molecule is Cc1cc(C)c2c(N)c(C(=O)NC3CCc4nc(N5CC(N)C6(C5)OCCO6)cc(F)c4C3)sc2n1. The number of ether oxygens (including phenoxy) is 2. The lowest BCUT2D eigenvalue weighted by Crippen LogP contribution is -2.47. The van der Waals surface area contributed by atoms with E-state index in [2.05, 4.69) is 10.3 Å². The molecule has 0 aromatic carbocycles. The number of carbonyl (C=O) groups excluding carboxylic acids is 1. The van der Waals surface area contributed by atoms with Crippen molar-refractivity contribution in [3.8, 4) is 0 Å². The average Bonchev–Trinajstić information content (AvgIpc) is 3.52. The van der Waals surface area contributed by atoms with Gasteiger partial charge in [-0.25, -0.2) is 14.4 Å². The van der Waals surface area contributed by atoms with Crippen molar-refractivity contribution in [2.75, 3.05) is 36.9 Å². The summed E-state index contributed by atoms with van der Waals surface area (Å²) in [6.45, 7) is 5.79. The second-order valence-corrected chi connectivity index (χ2v) is 10.9. The molecule has 1 aliphatic carbocycles. The van der Waals surface area contributed by atoms with E-state index in [0.29, 0.717) is 67.5 Å². The fourth-order valence-electron chi connectivity index (χ4n) is 5.61. The highest BCUT2D eigenvalue weighted by atomic mass is 32.1. The van der Waals surface area contributed by atoms with E-state index < -0.39 is 5.79 Å². The van der Waals surface area contributed by atoms with Crippen LogP contribution in [0, 0.1) is 19.7 Å². The molecule has 2 saturated heterocycles. The molecule has 6 rings (SSSR count). The van der Waals surface area contributed by atoms with Crippen LogP contribution in [0.3, 0.4) is 0 Å². The Balaban J connectivity index is 1.19. The number of nitrogens with one attached hydrogen (secondary N) is 1. The van der Waals surface area contributed by atoms with Gasteiger partial charge in [-0.05, 0) is 44.7 Å². The number of hydrogen-bond donors (Lipinski definition) is 3. The second-order valence-electron chi connectivity index (χ2n) is 9.90. The maximum Gasteiger partial charge on any atom is 0.263 e. The van der Waals surface area contributed by atoms with Gasteiger partial charge in [-0.2, -0.15) is 0 Å². The van der Waals surface area contributed by atoms with Gasteiger partial charge in [-0.15, -0.1) is 11.3 Å². The fraction of sp³-hybridized carbons (Fsp3) is 0.480. The summed E-state index contributed by atoms with van der Waals surface area (Å²) in [6, 6.07) is 2.87. The molecule has 2 unspecified atom stereocenters. The van der Waals surface area contributed by atoms with Crippen LogP contribution < -0.4 is 21.7 Å². The molecule has 1 amide bonds. The predicted octanol–water partition coefficient (Wildman–Crippen LogP) is 2.21. The van der Waals surface area contributed by atoms with Crippen LogP contribution in [-0.4, -0.2) is 60.0 Å². The molecule has 2 atom stereocenters. The molecule has 0 radical (unpaired) electrons. The van der Waals surface area contributed by atoms with Crippen molar-refractivity contribution in [1.29, 1.82) is 0 Å². The van der Waals surface area contributed by atoms with Gasteiger partial charge in [-0.3, -0.25) is 4.79 Å². The number of fused-ring (bicyclic) bond motifs is 2. The first-order valence-electron chi connectivity index (χ1n) is 12.2. The van der Waals surface area contributed by atoms with Crippen molar-refractivity contribution in [1.82, 2.24) is 15.3 Å². The topological polar surface area (TPSA) is 129 Å². The Morgan fingerprint density at radius 3 is 2.83 bits per heavy atom. The van der Waals surface area contributed by atoms with Gasteiger partial charge in [0.15, 0.2) is 0 Å². The van der Waals surface area contributed by atoms with Crippen molar-refractivity contribution in [2.24, 2.45) is 5.73 Å². The van der Waals surface area contributed by atoms with Crippen LogP contribution in [0.4, 0.5) is 15.9 Å². The van der Waals surface area contributed by atoms with Crippen LogP contribution in [0.5, 0.6) is 0 Å². The molecule has 5 heterocycles. The Morgan fingerprint density at radius 2 is 2.06 bits per heavy atom. The monoisotopic (exact) mass is 512 g/mol. The van der Waals surface area contributed by atoms with Crippen LogP contribution in [0.2, 0.25) is 0 Å². The van der Waals surface area contributed by atoms with E-state index in [-0.39, 0.29) is 23.8 Å². The number of hydrogen-bond acceptors (Lipinski definition) is 9. The molecule has 190 valence electrons. The molecule has 3 aromatic rings. The van der Waals surface area contributed by atoms with Crippen molar-refractivity contribution in [3.05, 3.63) is 45.3 Å². The smallest absolute Gasteiger partial charge is 0.263 e. The number of thiophene rings is 1. The summed E-state index contributed by atoms with van der Waals surface area (Å²) >= 11 is 1.29. The highest BCUT2D eigenvalue weighted by Crippen LogP contribution is 2.36. The standard InChI is InChI=1S/C25H29FN6O3S/c1-12-7-13(2)29-24-20(12)21(28)22(36-24)23(33)30-14-3-4-17-15(8-14)16(26)9-19(31-17)32-10-18(27)25(11-32)34-5-6-35-25/h7,9,14,18H,3-6,8,10-11,27-28H2,1-2H3,(H,30,33). The number of rotatable bonds is 3. The summed E-state index contributed by atoms with van der Waals surface area (Å²) in [7, 11) is 0. The Bertz CT molecular complexity index is 1370. The van der Waals surface area contributed by atoms with Crippen molar-refractivity contribution >= 4 is 39.0 Å². The number of halogens is 1. The van der Waals surface area contributed by atoms with Crippen LogP contribution in [-0.2, 0) is 22.3 Å². The zero-order chi connectivity index (χ0) is 25.2. The molecule has 1 spiro atoms. The number of carbonyl (C=O) groups is 1. The zero-order valence-electron chi connectivity index (χ0n) is 20.3. The summed E-state index contributed by atoms with van der Waals surface area (Å²) in [6.07, 6.45) is 1.59. The van der Waals surface area contributed by atoms with E-state index in [1.54, 1.807) is 0 Å². The molecule has 9 nitrogen and oxygen atoms in total. The maximum absolute atomic E-state index is 15.3. The van der Waals surface area contributed by atoms with Crippen LogP contribution in [0.1, 0.15) is 38.6 Å². The van der Waals surface area contributed by atoms with Crippen LogP contribution in [0.25, 0.3) is 10.2 Å². The zero-order valence-corrected chi connectivity index (χ0v) is 21.1. The van der Waals surface area contributed by atoms with Crippen LogP contribution in [0.15, 0.2) is 12.1 Å². The van der Waals surface area contributed by atoms with E-state index in [1.807, 2.05) is 24.8 Å². The average molecular weight is 513 g/mol. The molecule has 2 fully saturated rings. The van der Waals surface area contributed by atoms with Gasteiger partial charge in [0.25, 0.3) is 5.91 Å². The van der Waals surface area contributed by atoms with E-state index in [4.69, 9.17) is 25.9 Å². The highest BCUT2D eigenvalue weighted by molar-refractivity contribution is 7.21. The lowest BCUT2D eigenvalue weighted by Gasteiger charge is -2.27. The summed E-state index contributed by atoms with van der Waals surface area (Å²) in [4.78, 5) is 25.5. The lowest BCUT2D eigenvalue weighted by atomic mass is 9.91. The molecule has 3 aromatic heterocycles. The Labute approximate surface area is 212 Å². The van der Waals surface area contributed by atoms with Crippen molar-refractivity contribution in [2.45, 2.75) is 51.0 Å². The number of anilines is 2. The number of pyridine rings is 2. The third kappa shape index (κ3) is 3.81. The van der Waals surface area contributed by atoms with Gasteiger partial charge in [0.05, 0.1) is 31.5 Å². The van der Waals surface area contributed by atoms with Crippen LogP contribution >= 0.6 is 11.3 Å². The minimum Gasteiger partial charge on any atom is -0.397 e.